The van der Waals surface area contributed by atoms with E-state index in [4.69, 9.17) is 10.8 Å². The molecular weight excluding hydrogens is 154 g/mol. The van der Waals surface area contributed by atoms with Crippen molar-refractivity contribution in [1.82, 2.24) is 0 Å². The Kier molecular flexibility index (Phi) is 5.37. The van der Waals surface area contributed by atoms with E-state index < -0.39 is 5.97 Å². The smallest absolute Gasteiger partial charge is 0.331 e. The quantitative estimate of drug-likeness (QED) is 0.617. The molecule has 3 nitrogen and oxygen atoms in total. The van der Waals surface area contributed by atoms with Crippen LogP contribution >= 0.6 is 0 Å². The molecule has 0 aromatic heterocycles. The van der Waals surface area contributed by atoms with Crippen LogP contribution < -0.4 is 5.73 Å². The summed E-state index contributed by atoms with van der Waals surface area (Å²) in [5, 5.41) is 8.71. The van der Waals surface area contributed by atoms with E-state index in [1.807, 2.05) is 6.92 Å². The molecule has 3 heteroatoms. The predicted octanol–water partition coefficient (Wildman–Crippen LogP) is 1.54. The fraction of sp³-hybridized carbons (Fsp3) is 0.667. The lowest BCUT2D eigenvalue weighted by Gasteiger charge is -2.06. The molecule has 0 aliphatic carbocycles. The number of carboxylic acid groups (broad SMARTS) is 1. The van der Waals surface area contributed by atoms with Crippen LogP contribution in [0.2, 0.25) is 0 Å². The highest BCUT2D eigenvalue weighted by atomic mass is 16.4. The Morgan fingerprint density at radius 2 is 2.00 bits per heavy atom. The van der Waals surface area contributed by atoms with E-state index in [1.165, 1.54) is 0 Å². The maximum atomic E-state index is 10.6. The molecule has 0 spiro atoms. The van der Waals surface area contributed by atoms with Gasteiger partial charge in [-0.05, 0) is 26.3 Å². The van der Waals surface area contributed by atoms with Crippen molar-refractivity contribution >= 4 is 5.97 Å². The Bertz CT molecular complexity index is 177. The largest absolute Gasteiger partial charge is 0.478 e. The molecule has 0 rings (SSSR count). The summed E-state index contributed by atoms with van der Waals surface area (Å²) in [7, 11) is 0. The maximum Gasteiger partial charge on any atom is 0.331 e. The number of carbonyl (C=O) groups is 1. The number of hydrogen-bond donors (Lipinski definition) is 2. The lowest BCUT2D eigenvalue weighted by atomic mass is 10.0. The van der Waals surface area contributed by atoms with Crippen molar-refractivity contribution in [3.05, 3.63) is 11.1 Å². The van der Waals surface area contributed by atoms with Crippen LogP contribution in [0.5, 0.6) is 0 Å². The molecule has 0 amide bonds. The lowest BCUT2D eigenvalue weighted by Crippen LogP contribution is -2.06. The molecule has 12 heavy (non-hydrogen) atoms. The molecule has 70 valence electrons. The molecule has 0 bridgehead atoms. The Labute approximate surface area is 73.3 Å². The van der Waals surface area contributed by atoms with Crippen molar-refractivity contribution in [1.29, 1.82) is 0 Å². The van der Waals surface area contributed by atoms with E-state index in [0.29, 0.717) is 18.5 Å². The minimum Gasteiger partial charge on any atom is -0.478 e. The van der Waals surface area contributed by atoms with E-state index in [2.05, 4.69) is 0 Å². The van der Waals surface area contributed by atoms with Crippen LogP contribution in [-0.2, 0) is 4.79 Å². The first kappa shape index (κ1) is 11.2. The maximum absolute atomic E-state index is 10.6. The molecule has 0 saturated carbocycles. The second kappa shape index (κ2) is 5.77. The van der Waals surface area contributed by atoms with Crippen LogP contribution in [0.3, 0.4) is 0 Å². The van der Waals surface area contributed by atoms with Crippen molar-refractivity contribution in [2.24, 2.45) is 5.73 Å². The zero-order chi connectivity index (χ0) is 9.56. The van der Waals surface area contributed by atoms with Crippen LogP contribution in [-0.4, -0.2) is 17.6 Å². The molecule has 3 N–H and O–H groups in total. The molecule has 0 saturated heterocycles. The van der Waals surface area contributed by atoms with E-state index in [-0.39, 0.29) is 0 Å². The van der Waals surface area contributed by atoms with Crippen molar-refractivity contribution in [2.75, 3.05) is 6.54 Å². The van der Waals surface area contributed by atoms with Gasteiger partial charge >= 0.3 is 5.97 Å². The van der Waals surface area contributed by atoms with Gasteiger partial charge in [-0.1, -0.05) is 18.9 Å². The number of rotatable bonds is 5. The van der Waals surface area contributed by atoms with Crippen LogP contribution in [0.1, 0.15) is 33.1 Å². The Morgan fingerprint density at radius 3 is 2.33 bits per heavy atom. The minimum absolute atomic E-state index is 0.460. The average molecular weight is 171 g/mol. The number of hydrogen-bond acceptors (Lipinski definition) is 2. The molecule has 0 aromatic rings. The molecular formula is C9H17NO2. The van der Waals surface area contributed by atoms with Crippen molar-refractivity contribution in [3.63, 3.8) is 0 Å². The molecule has 0 aliphatic rings. The van der Waals surface area contributed by atoms with Gasteiger partial charge in [0, 0.05) is 5.57 Å². The van der Waals surface area contributed by atoms with Gasteiger partial charge in [0.25, 0.3) is 0 Å². The molecule has 0 aromatic carbocycles. The summed E-state index contributed by atoms with van der Waals surface area (Å²) in [6, 6.07) is 0. The first-order valence-corrected chi connectivity index (χ1v) is 4.25. The highest BCUT2D eigenvalue weighted by molar-refractivity contribution is 5.86. The topological polar surface area (TPSA) is 63.3 Å². The standard InChI is InChI=1S/C9H17NO2/c1-3-4-8(5-6-10)7(2)9(11)12/h3-6,10H2,1-2H3,(H,11,12). The normalized spacial score (nSPS) is 12.6. The monoisotopic (exact) mass is 171 g/mol. The van der Waals surface area contributed by atoms with E-state index in [0.717, 1.165) is 18.4 Å². The van der Waals surface area contributed by atoms with E-state index >= 15 is 0 Å². The average Bonchev–Trinajstić information content (AvgIpc) is 2.03. The summed E-state index contributed by atoms with van der Waals surface area (Å²) >= 11 is 0. The predicted molar refractivity (Wildman–Crippen MR) is 48.9 cm³/mol. The first-order valence-electron chi connectivity index (χ1n) is 4.25. The third-order valence-corrected chi connectivity index (χ3v) is 1.85. The summed E-state index contributed by atoms with van der Waals surface area (Å²) in [6.07, 6.45) is 2.52. The second-order valence-corrected chi connectivity index (χ2v) is 2.82. The van der Waals surface area contributed by atoms with Crippen LogP contribution in [0.4, 0.5) is 0 Å². The zero-order valence-corrected chi connectivity index (χ0v) is 7.76. The fourth-order valence-electron chi connectivity index (χ4n) is 1.13. The Morgan fingerprint density at radius 1 is 1.42 bits per heavy atom. The van der Waals surface area contributed by atoms with Gasteiger partial charge in [0.05, 0.1) is 0 Å². The molecule has 0 unspecified atom stereocenters. The zero-order valence-electron chi connectivity index (χ0n) is 7.76. The van der Waals surface area contributed by atoms with E-state index in [1.54, 1.807) is 6.92 Å². The highest BCUT2D eigenvalue weighted by Gasteiger charge is 2.07. The van der Waals surface area contributed by atoms with Gasteiger partial charge in [0.1, 0.15) is 0 Å². The first-order chi connectivity index (χ1) is 5.63. The van der Waals surface area contributed by atoms with Gasteiger partial charge in [-0.2, -0.15) is 0 Å². The van der Waals surface area contributed by atoms with Crippen molar-refractivity contribution in [3.8, 4) is 0 Å². The number of aliphatic carboxylic acids is 1. The molecule has 0 fully saturated rings. The SMILES string of the molecule is CCCC(CCN)=C(C)C(=O)O. The Hall–Kier alpha value is -0.830. The van der Waals surface area contributed by atoms with Gasteiger partial charge in [-0.3, -0.25) is 0 Å². The molecule has 0 heterocycles. The van der Waals surface area contributed by atoms with Crippen LogP contribution in [0.25, 0.3) is 0 Å². The van der Waals surface area contributed by atoms with E-state index in [9.17, 15) is 4.79 Å². The van der Waals surface area contributed by atoms with Crippen molar-refractivity contribution in [2.45, 2.75) is 33.1 Å². The van der Waals surface area contributed by atoms with Crippen molar-refractivity contribution < 1.29 is 9.90 Å². The van der Waals surface area contributed by atoms with Gasteiger partial charge in [0.15, 0.2) is 0 Å². The third kappa shape index (κ3) is 3.53. The third-order valence-electron chi connectivity index (χ3n) is 1.85. The van der Waals surface area contributed by atoms with Gasteiger partial charge < -0.3 is 10.8 Å². The Balaban J connectivity index is 4.43. The van der Waals surface area contributed by atoms with Crippen LogP contribution in [0, 0.1) is 0 Å². The van der Waals surface area contributed by atoms with Gasteiger partial charge in [-0.15, -0.1) is 0 Å². The lowest BCUT2D eigenvalue weighted by molar-refractivity contribution is -0.132. The fourth-order valence-corrected chi connectivity index (χ4v) is 1.13. The number of carboxylic acids is 1. The molecule has 0 atom stereocenters. The summed E-state index contributed by atoms with van der Waals surface area (Å²) in [4.78, 5) is 10.6. The molecule has 0 radical (unpaired) electrons. The summed E-state index contributed by atoms with van der Waals surface area (Å²) < 4.78 is 0. The second-order valence-electron chi connectivity index (χ2n) is 2.82. The number of nitrogens with two attached hydrogens (primary N) is 1. The minimum atomic E-state index is -0.827. The summed E-state index contributed by atoms with van der Waals surface area (Å²) in [5.41, 5.74) is 6.81. The molecule has 0 aliphatic heterocycles. The van der Waals surface area contributed by atoms with Crippen LogP contribution in [0.15, 0.2) is 11.1 Å². The summed E-state index contributed by atoms with van der Waals surface area (Å²) in [6.45, 7) is 4.20. The van der Waals surface area contributed by atoms with Gasteiger partial charge in [0.2, 0.25) is 0 Å². The summed E-state index contributed by atoms with van der Waals surface area (Å²) in [5.74, 6) is -0.827. The highest BCUT2D eigenvalue weighted by Crippen LogP contribution is 2.14. The van der Waals surface area contributed by atoms with Gasteiger partial charge in [-0.25, -0.2) is 4.79 Å².